The zero-order valence-electron chi connectivity index (χ0n) is 15.5. The third-order valence-electron chi connectivity index (χ3n) is 4.25. The van der Waals surface area contributed by atoms with E-state index < -0.39 is 6.04 Å². The fraction of sp³-hybridized carbons (Fsp3) is 0.250. The molecule has 1 unspecified atom stereocenters. The van der Waals surface area contributed by atoms with Crippen LogP contribution in [0.5, 0.6) is 0 Å². The minimum atomic E-state index is -0.742. The Bertz CT molecular complexity index is 922. The van der Waals surface area contributed by atoms with Gasteiger partial charge in [-0.2, -0.15) is 4.98 Å². The highest BCUT2D eigenvalue weighted by molar-refractivity contribution is 5.96. The minimum absolute atomic E-state index is 0. The van der Waals surface area contributed by atoms with Crippen molar-refractivity contribution >= 4 is 24.0 Å². The molecular formula is C20H23ClN4O2. The van der Waals surface area contributed by atoms with Gasteiger partial charge in [0.05, 0.1) is 0 Å². The third-order valence-corrected chi connectivity index (χ3v) is 4.25. The predicted octanol–water partition coefficient (Wildman–Crippen LogP) is 3.98. The number of hydrogen-bond acceptors (Lipinski definition) is 5. The molecule has 0 bridgehead atoms. The van der Waals surface area contributed by atoms with Gasteiger partial charge in [-0.25, -0.2) is 0 Å². The Kier molecular flexibility index (Phi) is 6.71. The molecule has 1 atom stereocenters. The molecule has 0 spiro atoms. The second-order valence-electron chi connectivity index (χ2n) is 6.28. The van der Waals surface area contributed by atoms with Crippen LogP contribution in [-0.4, -0.2) is 16.0 Å². The van der Waals surface area contributed by atoms with E-state index in [0.717, 1.165) is 22.3 Å². The van der Waals surface area contributed by atoms with Crippen LogP contribution < -0.4 is 11.1 Å². The fourth-order valence-electron chi connectivity index (χ4n) is 2.54. The molecule has 142 valence electrons. The summed E-state index contributed by atoms with van der Waals surface area (Å²) in [4.78, 5) is 16.9. The summed E-state index contributed by atoms with van der Waals surface area (Å²) in [7, 11) is 0. The van der Waals surface area contributed by atoms with Crippen LogP contribution in [0.25, 0.3) is 11.5 Å². The van der Waals surface area contributed by atoms with E-state index in [4.69, 9.17) is 10.3 Å². The lowest BCUT2D eigenvalue weighted by molar-refractivity contribution is -0.117. The van der Waals surface area contributed by atoms with Crippen molar-refractivity contribution in [1.82, 2.24) is 10.1 Å². The second kappa shape index (κ2) is 8.79. The Morgan fingerprint density at radius 1 is 1.19 bits per heavy atom. The maximum atomic E-state index is 12.6. The molecule has 3 aromatic rings. The number of carbonyl (C=O) groups is 1. The van der Waals surface area contributed by atoms with Crippen molar-refractivity contribution in [3.63, 3.8) is 0 Å². The second-order valence-corrected chi connectivity index (χ2v) is 6.28. The van der Waals surface area contributed by atoms with E-state index in [1.165, 1.54) is 0 Å². The number of hydrogen-bond donors (Lipinski definition) is 2. The molecule has 3 N–H and O–H groups in total. The third kappa shape index (κ3) is 4.72. The molecule has 1 heterocycles. The Morgan fingerprint density at radius 2 is 1.89 bits per heavy atom. The molecule has 0 aliphatic rings. The van der Waals surface area contributed by atoms with E-state index in [-0.39, 0.29) is 18.3 Å². The zero-order chi connectivity index (χ0) is 18.7. The number of aromatic nitrogens is 2. The first-order chi connectivity index (χ1) is 12.5. The van der Waals surface area contributed by atoms with Gasteiger partial charge in [0.15, 0.2) is 5.82 Å². The Hall–Kier alpha value is -2.70. The number of anilines is 1. The number of aryl methyl sites for hydroxylation is 3. The van der Waals surface area contributed by atoms with Crippen molar-refractivity contribution in [2.24, 2.45) is 5.73 Å². The van der Waals surface area contributed by atoms with Crippen LogP contribution in [0.2, 0.25) is 0 Å². The summed E-state index contributed by atoms with van der Waals surface area (Å²) in [6, 6.07) is 12.5. The molecule has 0 fully saturated rings. The average molecular weight is 387 g/mol. The van der Waals surface area contributed by atoms with Crippen LogP contribution in [0.15, 0.2) is 47.0 Å². The molecule has 27 heavy (non-hydrogen) atoms. The predicted molar refractivity (Wildman–Crippen MR) is 108 cm³/mol. The van der Waals surface area contributed by atoms with Gasteiger partial charge < -0.3 is 15.6 Å². The van der Waals surface area contributed by atoms with Gasteiger partial charge in [0.25, 0.3) is 5.89 Å². The standard InChI is InChI=1S/C20H22N4O2.ClH/c1-4-17-23-20(26-24-17)15-10-7-13(3)16(11-15)22-19(25)18(21)14-8-5-12(2)6-9-14;/h5-11,18H,4,21H2,1-3H3,(H,22,25);1H. The molecule has 0 radical (unpaired) electrons. The largest absolute Gasteiger partial charge is 0.334 e. The van der Waals surface area contributed by atoms with Gasteiger partial charge in [0, 0.05) is 17.7 Å². The van der Waals surface area contributed by atoms with E-state index in [2.05, 4.69) is 15.5 Å². The smallest absolute Gasteiger partial charge is 0.257 e. The van der Waals surface area contributed by atoms with E-state index in [0.29, 0.717) is 23.8 Å². The summed E-state index contributed by atoms with van der Waals surface area (Å²) in [6.07, 6.45) is 0.699. The maximum absolute atomic E-state index is 12.6. The summed E-state index contributed by atoms with van der Waals surface area (Å²) in [5, 5.41) is 6.81. The van der Waals surface area contributed by atoms with Crippen LogP contribution in [-0.2, 0) is 11.2 Å². The number of nitrogens with zero attached hydrogens (tertiary/aromatic N) is 2. The SMILES string of the molecule is CCc1noc(-c2ccc(C)c(NC(=O)C(N)c3ccc(C)cc3)c2)n1.Cl. The maximum Gasteiger partial charge on any atom is 0.257 e. The van der Waals surface area contributed by atoms with Gasteiger partial charge in [-0.15, -0.1) is 12.4 Å². The van der Waals surface area contributed by atoms with Gasteiger partial charge >= 0.3 is 0 Å². The van der Waals surface area contributed by atoms with Crippen LogP contribution in [0.4, 0.5) is 5.69 Å². The van der Waals surface area contributed by atoms with Gasteiger partial charge in [0.2, 0.25) is 5.91 Å². The highest BCUT2D eigenvalue weighted by Crippen LogP contribution is 2.25. The van der Waals surface area contributed by atoms with Crippen LogP contribution in [0.3, 0.4) is 0 Å². The number of halogens is 1. The van der Waals surface area contributed by atoms with Crippen molar-refractivity contribution in [2.75, 3.05) is 5.32 Å². The van der Waals surface area contributed by atoms with Crippen molar-refractivity contribution in [3.8, 4) is 11.5 Å². The quantitative estimate of drug-likeness (QED) is 0.691. The normalized spacial score (nSPS) is 11.6. The lowest BCUT2D eigenvalue weighted by atomic mass is 10.0. The monoisotopic (exact) mass is 386 g/mol. The number of amides is 1. The van der Waals surface area contributed by atoms with E-state index in [1.54, 1.807) is 0 Å². The zero-order valence-corrected chi connectivity index (χ0v) is 16.3. The highest BCUT2D eigenvalue weighted by Gasteiger charge is 2.17. The summed E-state index contributed by atoms with van der Waals surface area (Å²) >= 11 is 0. The molecular weight excluding hydrogens is 364 g/mol. The van der Waals surface area contributed by atoms with Gasteiger partial charge in [-0.1, -0.05) is 48.0 Å². The van der Waals surface area contributed by atoms with Gasteiger partial charge in [0.1, 0.15) is 6.04 Å². The molecule has 7 heteroatoms. The molecule has 0 aliphatic heterocycles. The summed E-state index contributed by atoms with van der Waals surface area (Å²) in [5.74, 6) is 0.807. The van der Waals surface area contributed by atoms with Crippen LogP contribution in [0, 0.1) is 13.8 Å². The molecule has 0 aliphatic carbocycles. The topological polar surface area (TPSA) is 94.0 Å². The van der Waals surface area contributed by atoms with Gasteiger partial charge in [-0.05, 0) is 37.1 Å². The Balaban J connectivity index is 0.00000261. The molecule has 6 nitrogen and oxygen atoms in total. The molecule has 0 saturated heterocycles. The van der Waals surface area contributed by atoms with E-state index >= 15 is 0 Å². The van der Waals surface area contributed by atoms with E-state index in [9.17, 15) is 4.79 Å². The first-order valence-corrected chi connectivity index (χ1v) is 8.54. The number of rotatable bonds is 5. The van der Waals surface area contributed by atoms with Gasteiger partial charge in [-0.3, -0.25) is 4.79 Å². The van der Waals surface area contributed by atoms with Crippen molar-refractivity contribution in [3.05, 3.63) is 65.0 Å². The number of benzene rings is 2. The van der Waals surface area contributed by atoms with Crippen molar-refractivity contribution < 1.29 is 9.32 Å². The molecule has 1 aromatic heterocycles. The number of nitrogens with two attached hydrogens (primary N) is 1. The Labute approximate surface area is 164 Å². The number of nitrogens with one attached hydrogen (secondary N) is 1. The summed E-state index contributed by atoms with van der Waals surface area (Å²) in [5.41, 5.74) is 10.3. The van der Waals surface area contributed by atoms with Crippen LogP contribution >= 0.6 is 12.4 Å². The van der Waals surface area contributed by atoms with Crippen molar-refractivity contribution in [1.29, 1.82) is 0 Å². The minimum Gasteiger partial charge on any atom is -0.334 e. The molecule has 3 rings (SSSR count). The number of carbonyl (C=O) groups excluding carboxylic acids is 1. The van der Waals surface area contributed by atoms with Crippen molar-refractivity contribution in [2.45, 2.75) is 33.2 Å². The first kappa shape index (κ1) is 20.6. The molecule has 1 amide bonds. The first-order valence-electron chi connectivity index (χ1n) is 8.54. The van der Waals surface area contributed by atoms with Crippen LogP contribution in [0.1, 0.15) is 35.5 Å². The fourth-order valence-corrected chi connectivity index (χ4v) is 2.54. The lowest BCUT2D eigenvalue weighted by Gasteiger charge is -2.15. The molecule has 0 saturated carbocycles. The highest BCUT2D eigenvalue weighted by atomic mass is 35.5. The lowest BCUT2D eigenvalue weighted by Crippen LogP contribution is -2.28. The van der Waals surface area contributed by atoms with E-state index in [1.807, 2.05) is 63.2 Å². The molecule has 2 aromatic carbocycles. The average Bonchev–Trinajstić information content (AvgIpc) is 3.12. The summed E-state index contributed by atoms with van der Waals surface area (Å²) < 4.78 is 5.27. The summed E-state index contributed by atoms with van der Waals surface area (Å²) in [6.45, 7) is 5.87. The Morgan fingerprint density at radius 3 is 2.52 bits per heavy atom.